The first-order chi connectivity index (χ1) is 12.7. The maximum Gasteiger partial charge on any atom is 0.411 e. The molecule has 2 heterocycles. The van der Waals surface area contributed by atoms with Gasteiger partial charge in [0.1, 0.15) is 5.82 Å². The lowest BCUT2D eigenvalue weighted by molar-refractivity contribution is 0.168. The number of fused-ring (bicyclic) bond motifs is 3. The molecule has 26 heavy (non-hydrogen) atoms. The van der Waals surface area contributed by atoms with Crippen LogP contribution in [-0.2, 0) is 17.8 Å². The third-order valence-electron chi connectivity index (χ3n) is 4.48. The molecule has 0 bridgehead atoms. The Hall–Kier alpha value is -2.73. The molecule has 0 radical (unpaired) electrons. The van der Waals surface area contributed by atoms with Gasteiger partial charge in [0, 0.05) is 24.5 Å². The highest BCUT2D eigenvalue weighted by Crippen LogP contribution is 2.29. The molecule has 0 fully saturated rings. The second-order valence-corrected chi connectivity index (χ2v) is 6.51. The molecule has 134 valence electrons. The summed E-state index contributed by atoms with van der Waals surface area (Å²) in [6, 6.07) is 13.6. The maximum absolute atomic E-state index is 11.5. The van der Waals surface area contributed by atoms with E-state index in [1.54, 1.807) is 6.92 Å². The minimum absolute atomic E-state index is 0.350. The van der Waals surface area contributed by atoms with Crippen LogP contribution < -0.4 is 10.2 Å². The zero-order chi connectivity index (χ0) is 18.1. The molecule has 1 aliphatic heterocycles. The summed E-state index contributed by atoms with van der Waals surface area (Å²) in [5.41, 5.74) is 3.74. The fourth-order valence-corrected chi connectivity index (χ4v) is 3.55. The Morgan fingerprint density at radius 2 is 2.04 bits per heavy atom. The van der Waals surface area contributed by atoms with Crippen LogP contribution in [0.4, 0.5) is 16.2 Å². The molecule has 6 nitrogen and oxygen atoms in total. The number of benzene rings is 2. The van der Waals surface area contributed by atoms with Crippen molar-refractivity contribution < 1.29 is 9.53 Å². The molecule has 2 aromatic carbocycles. The summed E-state index contributed by atoms with van der Waals surface area (Å²) in [4.78, 5) is 18.5. The standard InChI is InChI=1S/C19H19ClN4O2/c1-2-26-19(25)21-13-6-8-14(9-7-13)23-10-11-24-17(12-23)22-16-5-3-4-15(20)18(16)24/h3-9H,2,10-12H2,1H3,(H,21,25). The van der Waals surface area contributed by atoms with Gasteiger partial charge in [0.05, 0.1) is 29.2 Å². The van der Waals surface area contributed by atoms with Crippen LogP contribution >= 0.6 is 11.6 Å². The van der Waals surface area contributed by atoms with Crippen LogP contribution in [0.5, 0.6) is 0 Å². The van der Waals surface area contributed by atoms with Gasteiger partial charge in [-0.2, -0.15) is 0 Å². The van der Waals surface area contributed by atoms with E-state index >= 15 is 0 Å². The fraction of sp³-hybridized carbons (Fsp3) is 0.263. The van der Waals surface area contributed by atoms with E-state index in [9.17, 15) is 4.79 Å². The van der Waals surface area contributed by atoms with Crippen molar-refractivity contribution in [3.63, 3.8) is 0 Å². The largest absolute Gasteiger partial charge is 0.450 e. The van der Waals surface area contributed by atoms with E-state index in [4.69, 9.17) is 21.3 Å². The summed E-state index contributed by atoms with van der Waals surface area (Å²) < 4.78 is 7.09. The Labute approximate surface area is 156 Å². The molecule has 0 spiro atoms. The SMILES string of the molecule is CCOC(=O)Nc1ccc(N2CCn3c(nc4cccc(Cl)c43)C2)cc1. The number of imidazole rings is 1. The average Bonchev–Trinajstić information content (AvgIpc) is 3.01. The van der Waals surface area contributed by atoms with Gasteiger partial charge in [0.2, 0.25) is 0 Å². The van der Waals surface area contributed by atoms with Gasteiger partial charge in [-0.1, -0.05) is 17.7 Å². The number of nitrogens with zero attached hydrogens (tertiary/aromatic N) is 3. The van der Waals surface area contributed by atoms with Crippen LogP contribution in [0.3, 0.4) is 0 Å². The van der Waals surface area contributed by atoms with E-state index in [0.29, 0.717) is 12.3 Å². The van der Waals surface area contributed by atoms with Crippen molar-refractivity contribution in [3.8, 4) is 0 Å². The highest BCUT2D eigenvalue weighted by Gasteiger charge is 2.21. The Kier molecular flexibility index (Phi) is 4.42. The Morgan fingerprint density at radius 1 is 1.23 bits per heavy atom. The van der Waals surface area contributed by atoms with Gasteiger partial charge in [-0.3, -0.25) is 5.32 Å². The number of aromatic nitrogens is 2. The lowest BCUT2D eigenvalue weighted by Gasteiger charge is -2.30. The van der Waals surface area contributed by atoms with Crippen molar-refractivity contribution in [1.29, 1.82) is 0 Å². The summed E-state index contributed by atoms with van der Waals surface area (Å²) in [6.45, 7) is 4.55. The molecule has 0 aliphatic carbocycles. The summed E-state index contributed by atoms with van der Waals surface area (Å²) in [5, 5.41) is 3.44. The Bertz CT molecular complexity index is 952. The van der Waals surface area contributed by atoms with E-state index in [-0.39, 0.29) is 0 Å². The molecule has 0 unspecified atom stereocenters. The first-order valence-electron chi connectivity index (χ1n) is 8.58. The normalized spacial score (nSPS) is 13.5. The number of hydrogen-bond acceptors (Lipinski definition) is 4. The summed E-state index contributed by atoms with van der Waals surface area (Å²) in [5.74, 6) is 1.01. The summed E-state index contributed by atoms with van der Waals surface area (Å²) in [7, 11) is 0. The number of carbonyl (C=O) groups is 1. The van der Waals surface area contributed by atoms with Crippen molar-refractivity contribution in [3.05, 3.63) is 53.3 Å². The lowest BCUT2D eigenvalue weighted by Crippen LogP contribution is -2.33. The molecular weight excluding hydrogens is 352 g/mol. The van der Waals surface area contributed by atoms with Gasteiger partial charge >= 0.3 is 6.09 Å². The Morgan fingerprint density at radius 3 is 2.81 bits per heavy atom. The fourth-order valence-electron chi connectivity index (χ4n) is 3.28. The first kappa shape index (κ1) is 16.7. The number of carbonyl (C=O) groups excluding carboxylic acids is 1. The summed E-state index contributed by atoms with van der Waals surface area (Å²) in [6.07, 6.45) is -0.441. The number of hydrogen-bond donors (Lipinski definition) is 1. The maximum atomic E-state index is 11.5. The number of nitrogens with one attached hydrogen (secondary N) is 1. The van der Waals surface area contributed by atoms with Gasteiger partial charge in [-0.05, 0) is 43.3 Å². The zero-order valence-corrected chi connectivity index (χ0v) is 15.2. The van der Waals surface area contributed by atoms with Gasteiger partial charge in [0.15, 0.2) is 0 Å². The Balaban J connectivity index is 1.53. The van der Waals surface area contributed by atoms with Gasteiger partial charge in [-0.15, -0.1) is 0 Å². The number of halogens is 1. The number of amides is 1. The molecule has 0 saturated carbocycles. The van der Waals surface area contributed by atoms with Crippen LogP contribution in [0.1, 0.15) is 12.7 Å². The van der Waals surface area contributed by atoms with Crippen molar-refractivity contribution in [2.24, 2.45) is 0 Å². The highest BCUT2D eigenvalue weighted by molar-refractivity contribution is 6.35. The molecule has 3 aromatic rings. The molecule has 0 saturated heterocycles. The smallest absolute Gasteiger partial charge is 0.411 e. The number of para-hydroxylation sites is 1. The first-order valence-corrected chi connectivity index (χ1v) is 8.96. The van der Waals surface area contributed by atoms with E-state index in [0.717, 1.165) is 47.2 Å². The van der Waals surface area contributed by atoms with Crippen molar-refractivity contribution in [2.45, 2.75) is 20.0 Å². The summed E-state index contributed by atoms with van der Waals surface area (Å²) >= 11 is 6.35. The quantitative estimate of drug-likeness (QED) is 0.747. The van der Waals surface area contributed by atoms with Crippen LogP contribution in [0.15, 0.2) is 42.5 Å². The van der Waals surface area contributed by atoms with Gasteiger partial charge in [-0.25, -0.2) is 9.78 Å². The molecule has 0 atom stereocenters. The third-order valence-corrected chi connectivity index (χ3v) is 4.78. The number of ether oxygens (including phenoxy) is 1. The van der Waals surface area contributed by atoms with E-state index in [1.165, 1.54) is 0 Å². The molecular formula is C19H19ClN4O2. The van der Waals surface area contributed by atoms with E-state index in [1.807, 2.05) is 42.5 Å². The van der Waals surface area contributed by atoms with Crippen molar-refractivity contribution in [2.75, 3.05) is 23.4 Å². The molecule has 1 aromatic heterocycles. The molecule has 4 rings (SSSR count). The second kappa shape index (κ2) is 6.88. The van der Waals surface area contributed by atoms with Crippen molar-refractivity contribution >= 4 is 40.1 Å². The predicted octanol–water partition coefficient (Wildman–Crippen LogP) is 4.28. The van der Waals surface area contributed by atoms with E-state index < -0.39 is 6.09 Å². The van der Waals surface area contributed by atoms with E-state index in [2.05, 4.69) is 14.8 Å². The predicted molar refractivity (Wildman–Crippen MR) is 103 cm³/mol. The lowest BCUT2D eigenvalue weighted by atomic mass is 10.2. The van der Waals surface area contributed by atoms with Gasteiger partial charge in [0.25, 0.3) is 0 Å². The van der Waals surface area contributed by atoms with Crippen molar-refractivity contribution in [1.82, 2.24) is 9.55 Å². The average molecular weight is 371 g/mol. The van der Waals surface area contributed by atoms with Crippen LogP contribution in [0, 0.1) is 0 Å². The van der Waals surface area contributed by atoms with Crippen LogP contribution in [0.2, 0.25) is 5.02 Å². The highest BCUT2D eigenvalue weighted by atomic mass is 35.5. The number of anilines is 2. The zero-order valence-electron chi connectivity index (χ0n) is 14.4. The molecule has 1 amide bonds. The van der Waals surface area contributed by atoms with Crippen LogP contribution in [-0.4, -0.2) is 28.8 Å². The molecule has 7 heteroatoms. The topological polar surface area (TPSA) is 59.4 Å². The number of rotatable bonds is 3. The molecule has 1 N–H and O–H groups in total. The molecule has 1 aliphatic rings. The minimum atomic E-state index is -0.441. The van der Waals surface area contributed by atoms with Gasteiger partial charge < -0.3 is 14.2 Å². The third kappa shape index (κ3) is 3.08. The second-order valence-electron chi connectivity index (χ2n) is 6.10. The minimum Gasteiger partial charge on any atom is -0.450 e. The van der Waals surface area contributed by atoms with Crippen LogP contribution in [0.25, 0.3) is 11.0 Å². The monoisotopic (exact) mass is 370 g/mol.